The highest BCUT2D eigenvalue weighted by Crippen LogP contribution is 2.42. The van der Waals surface area contributed by atoms with Crippen LogP contribution in [0.3, 0.4) is 0 Å². The minimum absolute atomic E-state index is 0.210. The molecule has 254 valence electrons. The summed E-state index contributed by atoms with van der Waals surface area (Å²) in [5, 5.41) is 5.10. The summed E-state index contributed by atoms with van der Waals surface area (Å²) < 4.78 is 4.93. The number of fused-ring (bicyclic) bond motifs is 6. The fourth-order valence-electron chi connectivity index (χ4n) is 8.41. The molecule has 0 spiro atoms. The Morgan fingerprint density at radius 3 is 1.29 bits per heavy atom. The van der Waals surface area contributed by atoms with Crippen molar-refractivity contribution in [1.29, 1.82) is 0 Å². The van der Waals surface area contributed by atoms with E-state index in [-0.39, 0.29) is 10.8 Å². The highest BCUT2D eigenvalue weighted by Gasteiger charge is 2.30. The van der Waals surface area contributed by atoms with E-state index in [0.717, 1.165) is 0 Å². The van der Waals surface area contributed by atoms with Crippen molar-refractivity contribution >= 4 is 43.6 Å². The van der Waals surface area contributed by atoms with Crippen LogP contribution in [0.2, 0.25) is 0 Å². The minimum atomic E-state index is -0.210. The molecule has 0 radical (unpaired) electrons. The van der Waals surface area contributed by atoms with Crippen LogP contribution in [0.5, 0.6) is 0 Å². The van der Waals surface area contributed by atoms with Gasteiger partial charge in [0.05, 0.1) is 22.1 Å². The molecule has 0 saturated heterocycles. The van der Waals surface area contributed by atoms with E-state index in [2.05, 4.69) is 208 Å². The Balaban J connectivity index is 1.31. The van der Waals surface area contributed by atoms with Crippen LogP contribution >= 0.6 is 0 Å². The number of nitrogens with zero attached hydrogens (tertiary/aromatic N) is 2. The van der Waals surface area contributed by atoms with Crippen molar-refractivity contribution in [2.45, 2.75) is 52.4 Å². The molecule has 0 amide bonds. The molecule has 52 heavy (non-hydrogen) atoms. The lowest BCUT2D eigenvalue weighted by Crippen LogP contribution is -2.23. The molecule has 2 nitrogen and oxygen atoms in total. The summed E-state index contributed by atoms with van der Waals surface area (Å²) in [4.78, 5) is 0. The van der Waals surface area contributed by atoms with Crippen LogP contribution in [0.1, 0.15) is 61.1 Å². The highest BCUT2D eigenvalue weighted by molar-refractivity contribution is 6.12. The summed E-state index contributed by atoms with van der Waals surface area (Å²) >= 11 is 0. The molecule has 7 aromatic carbocycles. The SMILES string of the molecule is Cc1ccc2c(c1)c1cc(C)ccc1n2-c1ccc2c(c1)c1ccccc1n2-c1cc(C(C)(C)c2ccccc2)cc(C(C)(C)c2ccccc2)c1. The van der Waals surface area contributed by atoms with E-state index in [0.29, 0.717) is 0 Å². The van der Waals surface area contributed by atoms with Gasteiger partial charge in [0.25, 0.3) is 0 Å². The topological polar surface area (TPSA) is 9.86 Å². The minimum Gasteiger partial charge on any atom is -0.309 e. The smallest absolute Gasteiger partial charge is 0.0542 e. The summed E-state index contributed by atoms with van der Waals surface area (Å²) in [6, 6.07) is 58.8. The summed E-state index contributed by atoms with van der Waals surface area (Å²) in [5.41, 5.74) is 14.6. The Kier molecular flexibility index (Phi) is 7.31. The van der Waals surface area contributed by atoms with E-state index in [4.69, 9.17) is 0 Å². The molecule has 9 rings (SSSR count). The first-order chi connectivity index (χ1) is 25.1. The number of para-hydroxylation sites is 1. The predicted molar refractivity (Wildman–Crippen MR) is 222 cm³/mol. The maximum absolute atomic E-state index is 2.49. The Labute approximate surface area is 306 Å². The summed E-state index contributed by atoms with van der Waals surface area (Å²) in [5.74, 6) is 0. The van der Waals surface area contributed by atoms with Gasteiger partial charge in [-0.3, -0.25) is 0 Å². The van der Waals surface area contributed by atoms with Crippen LogP contribution in [0.15, 0.2) is 158 Å². The third-order valence-electron chi connectivity index (χ3n) is 11.6. The van der Waals surface area contributed by atoms with Gasteiger partial charge in [-0.05, 0) is 96.8 Å². The van der Waals surface area contributed by atoms with Gasteiger partial charge in [0, 0.05) is 43.7 Å². The molecule has 0 unspecified atom stereocenters. The van der Waals surface area contributed by atoms with Gasteiger partial charge in [0.15, 0.2) is 0 Å². The average Bonchev–Trinajstić information content (AvgIpc) is 3.67. The van der Waals surface area contributed by atoms with E-state index in [1.165, 1.54) is 88.4 Å². The maximum Gasteiger partial charge on any atom is 0.0542 e. The monoisotopic (exact) mass is 672 g/mol. The molecule has 0 saturated carbocycles. The lowest BCUT2D eigenvalue weighted by Gasteiger charge is -2.32. The van der Waals surface area contributed by atoms with Gasteiger partial charge in [-0.15, -0.1) is 0 Å². The van der Waals surface area contributed by atoms with Gasteiger partial charge >= 0.3 is 0 Å². The molecular formula is C50H44N2. The second-order valence-corrected chi connectivity index (χ2v) is 15.7. The Morgan fingerprint density at radius 1 is 0.327 bits per heavy atom. The Bertz CT molecular complexity index is 2660. The van der Waals surface area contributed by atoms with Crippen LogP contribution in [0, 0.1) is 13.8 Å². The molecule has 0 aliphatic carbocycles. The second-order valence-electron chi connectivity index (χ2n) is 15.7. The zero-order valence-electron chi connectivity index (χ0n) is 30.9. The summed E-state index contributed by atoms with van der Waals surface area (Å²) in [6.45, 7) is 13.8. The largest absolute Gasteiger partial charge is 0.309 e. The van der Waals surface area contributed by atoms with E-state index < -0.39 is 0 Å². The number of hydrogen-bond donors (Lipinski definition) is 0. The fourth-order valence-corrected chi connectivity index (χ4v) is 8.41. The molecule has 0 aliphatic rings. The van der Waals surface area contributed by atoms with Crippen molar-refractivity contribution in [3.63, 3.8) is 0 Å². The van der Waals surface area contributed by atoms with Gasteiger partial charge in [-0.1, -0.05) is 136 Å². The molecule has 0 fully saturated rings. The molecule has 0 atom stereocenters. The number of aromatic nitrogens is 2. The Hall–Kier alpha value is -5.86. The molecule has 0 N–H and O–H groups in total. The second kappa shape index (κ2) is 11.9. The quantitative estimate of drug-likeness (QED) is 0.166. The highest BCUT2D eigenvalue weighted by atomic mass is 15.0. The van der Waals surface area contributed by atoms with Gasteiger partial charge in [-0.2, -0.15) is 0 Å². The third kappa shape index (κ3) is 5.00. The summed E-state index contributed by atoms with van der Waals surface area (Å²) in [7, 11) is 0. The molecule has 9 aromatic rings. The first-order valence-corrected chi connectivity index (χ1v) is 18.4. The van der Waals surface area contributed by atoms with Crippen LogP contribution in [-0.4, -0.2) is 9.13 Å². The zero-order chi connectivity index (χ0) is 35.8. The Morgan fingerprint density at radius 2 is 0.750 bits per heavy atom. The number of benzene rings is 7. The molecular weight excluding hydrogens is 629 g/mol. The summed E-state index contributed by atoms with van der Waals surface area (Å²) in [6.07, 6.45) is 0. The first kappa shape index (κ1) is 32.1. The number of aryl methyl sites for hydroxylation is 2. The lowest BCUT2D eigenvalue weighted by molar-refractivity contribution is 0.616. The van der Waals surface area contributed by atoms with Crippen molar-refractivity contribution in [1.82, 2.24) is 9.13 Å². The fraction of sp³-hybridized carbons (Fsp3) is 0.160. The molecule has 2 heterocycles. The van der Waals surface area contributed by atoms with Gasteiger partial charge in [0.1, 0.15) is 0 Å². The number of hydrogen-bond acceptors (Lipinski definition) is 0. The maximum atomic E-state index is 2.49. The standard InChI is InChI=1S/C50H44N2/c1-33-21-24-46-42(27-33)43-28-34(2)22-25-47(43)51(46)39-23-26-48-44(32-39)41-19-13-14-20-45(41)52(48)40-30-37(49(3,4)35-15-9-7-10-16-35)29-38(31-40)50(5,6)36-17-11-8-12-18-36/h7-32H,1-6H3. The van der Waals surface area contributed by atoms with Crippen LogP contribution in [0.4, 0.5) is 0 Å². The first-order valence-electron chi connectivity index (χ1n) is 18.4. The van der Waals surface area contributed by atoms with E-state index >= 15 is 0 Å². The van der Waals surface area contributed by atoms with Crippen molar-refractivity contribution in [2.24, 2.45) is 0 Å². The molecule has 0 bridgehead atoms. The van der Waals surface area contributed by atoms with Crippen LogP contribution in [0.25, 0.3) is 55.0 Å². The lowest BCUT2D eigenvalue weighted by atomic mass is 9.73. The van der Waals surface area contributed by atoms with Gasteiger partial charge < -0.3 is 9.13 Å². The molecule has 2 aromatic heterocycles. The van der Waals surface area contributed by atoms with Crippen LogP contribution in [-0.2, 0) is 10.8 Å². The van der Waals surface area contributed by atoms with Gasteiger partial charge in [0.2, 0.25) is 0 Å². The van der Waals surface area contributed by atoms with E-state index in [9.17, 15) is 0 Å². The van der Waals surface area contributed by atoms with E-state index in [1.54, 1.807) is 0 Å². The number of rotatable bonds is 6. The van der Waals surface area contributed by atoms with Crippen molar-refractivity contribution in [2.75, 3.05) is 0 Å². The molecule has 0 aliphatic heterocycles. The predicted octanol–water partition coefficient (Wildman–Crippen LogP) is 13.1. The third-order valence-corrected chi connectivity index (χ3v) is 11.6. The van der Waals surface area contributed by atoms with Crippen molar-refractivity contribution in [3.8, 4) is 11.4 Å². The average molecular weight is 673 g/mol. The van der Waals surface area contributed by atoms with E-state index in [1.807, 2.05) is 0 Å². The normalized spacial score (nSPS) is 12.4. The zero-order valence-corrected chi connectivity index (χ0v) is 30.9. The van der Waals surface area contributed by atoms with Crippen molar-refractivity contribution in [3.05, 3.63) is 191 Å². The van der Waals surface area contributed by atoms with Gasteiger partial charge in [-0.25, -0.2) is 0 Å². The van der Waals surface area contributed by atoms with Crippen molar-refractivity contribution < 1.29 is 0 Å². The molecule has 2 heteroatoms. The van der Waals surface area contributed by atoms with Crippen LogP contribution < -0.4 is 0 Å².